The maximum Gasteiger partial charge on any atom is 0.276 e. The molecule has 2 aromatic rings. The van der Waals surface area contributed by atoms with E-state index in [-0.39, 0.29) is 17.4 Å². The average Bonchev–Trinajstić information content (AvgIpc) is 2.34. The Morgan fingerprint density at radius 2 is 2.00 bits per heavy atom. The molecular weight excluding hydrogens is 308 g/mol. The monoisotopic (exact) mass is 320 g/mol. The fraction of sp³-hybridized carbons (Fsp3) is 0.154. The van der Waals surface area contributed by atoms with Crippen molar-refractivity contribution in [3.05, 3.63) is 45.6 Å². The third-order valence-corrected chi connectivity index (χ3v) is 3.21. The number of nitrogens with zero attached hydrogens (tertiary/aromatic N) is 2. The van der Waals surface area contributed by atoms with E-state index in [2.05, 4.69) is 31.4 Å². The zero-order valence-electron chi connectivity index (χ0n) is 10.6. The van der Waals surface area contributed by atoms with Gasteiger partial charge < -0.3 is 11.1 Å². The minimum Gasteiger partial charge on any atom is -0.382 e. The molecule has 1 aromatic heterocycles. The molecule has 5 nitrogen and oxygen atoms in total. The first-order valence-corrected chi connectivity index (χ1v) is 6.44. The van der Waals surface area contributed by atoms with E-state index >= 15 is 0 Å². The smallest absolute Gasteiger partial charge is 0.276 e. The number of rotatable bonds is 2. The largest absolute Gasteiger partial charge is 0.382 e. The van der Waals surface area contributed by atoms with Gasteiger partial charge in [-0.25, -0.2) is 0 Å². The summed E-state index contributed by atoms with van der Waals surface area (Å²) in [6.45, 7) is 3.93. The highest BCUT2D eigenvalue weighted by atomic mass is 79.9. The number of aromatic nitrogens is 2. The molecule has 3 N–H and O–H groups in total. The van der Waals surface area contributed by atoms with Crippen molar-refractivity contribution >= 4 is 33.3 Å². The second-order valence-electron chi connectivity index (χ2n) is 4.24. The minimum absolute atomic E-state index is 0.223. The van der Waals surface area contributed by atoms with Crippen molar-refractivity contribution in [1.82, 2.24) is 10.2 Å². The Morgan fingerprint density at radius 1 is 1.26 bits per heavy atom. The number of nitrogen functional groups attached to an aromatic ring is 1. The highest BCUT2D eigenvalue weighted by Gasteiger charge is 2.12. The zero-order valence-corrected chi connectivity index (χ0v) is 12.2. The number of amides is 1. The van der Waals surface area contributed by atoms with Crippen molar-refractivity contribution in [2.45, 2.75) is 13.8 Å². The van der Waals surface area contributed by atoms with Gasteiger partial charge in [-0.3, -0.25) is 4.79 Å². The van der Waals surface area contributed by atoms with Crippen molar-refractivity contribution in [1.29, 1.82) is 0 Å². The van der Waals surface area contributed by atoms with Crippen LogP contribution in [0.4, 0.5) is 11.5 Å². The van der Waals surface area contributed by atoms with Gasteiger partial charge in [-0.2, -0.15) is 0 Å². The fourth-order valence-electron chi connectivity index (χ4n) is 1.72. The van der Waals surface area contributed by atoms with Crippen LogP contribution < -0.4 is 11.1 Å². The van der Waals surface area contributed by atoms with Gasteiger partial charge >= 0.3 is 0 Å². The Hall–Kier alpha value is -1.95. The number of anilines is 2. The summed E-state index contributed by atoms with van der Waals surface area (Å²) in [4.78, 5) is 12.0. The van der Waals surface area contributed by atoms with Crippen molar-refractivity contribution in [3.8, 4) is 0 Å². The zero-order chi connectivity index (χ0) is 14.0. The molecule has 2 rings (SSSR count). The third-order valence-electron chi connectivity index (χ3n) is 2.59. The van der Waals surface area contributed by atoms with E-state index in [4.69, 9.17) is 5.73 Å². The van der Waals surface area contributed by atoms with E-state index in [1.165, 1.54) is 6.07 Å². The maximum absolute atomic E-state index is 12.0. The second kappa shape index (κ2) is 5.36. The summed E-state index contributed by atoms with van der Waals surface area (Å²) < 4.78 is 0.835. The molecule has 6 heteroatoms. The molecule has 0 spiro atoms. The molecule has 1 amide bonds. The lowest BCUT2D eigenvalue weighted by Crippen LogP contribution is -2.15. The SMILES string of the molecule is Cc1cc(C)c(NC(=O)c2ccc(N)nn2)c(Br)c1. The van der Waals surface area contributed by atoms with Gasteiger partial charge in [0.15, 0.2) is 5.69 Å². The van der Waals surface area contributed by atoms with Gasteiger partial charge in [-0.1, -0.05) is 6.07 Å². The van der Waals surface area contributed by atoms with Crippen LogP contribution >= 0.6 is 15.9 Å². The average molecular weight is 321 g/mol. The summed E-state index contributed by atoms with van der Waals surface area (Å²) in [5, 5.41) is 10.2. The van der Waals surface area contributed by atoms with Gasteiger partial charge in [0, 0.05) is 4.47 Å². The summed E-state index contributed by atoms with van der Waals surface area (Å²) in [5.41, 5.74) is 8.48. The van der Waals surface area contributed by atoms with Crippen LogP contribution in [0.15, 0.2) is 28.7 Å². The predicted octanol–water partition coefficient (Wildman–Crippen LogP) is 2.69. The van der Waals surface area contributed by atoms with Crippen molar-refractivity contribution in [2.24, 2.45) is 0 Å². The summed E-state index contributed by atoms with van der Waals surface area (Å²) in [6, 6.07) is 7.01. The second-order valence-corrected chi connectivity index (χ2v) is 5.09. The van der Waals surface area contributed by atoms with Crippen LogP contribution in [0, 0.1) is 13.8 Å². The summed E-state index contributed by atoms with van der Waals surface area (Å²) >= 11 is 3.44. The van der Waals surface area contributed by atoms with Crippen molar-refractivity contribution < 1.29 is 4.79 Å². The third kappa shape index (κ3) is 3.08. The first-order valence-electron chi connectivity index (χ1n) is 5.64. The topological polar surface area (TPSA) is 80.9 Å². The normalized spacial score (nSPS) is 10.3. The predicted molar refractivity (Wildman–Crippen MR) is 78.0 cm³/mol. The number of hydrogen-bond acceptors (Lipinski definition) is 4. The Bertz CT molecular complexity index is 602. The molecule has 0 atom stereocenters. The van der Waals surface area contributed by atoms with Crippen LogP contribution in [-0.4, -0.2) is 16.1 Å². The standard InChI is InChI=1S/C13H13BrN4O/c1-7-5-8(2)12(9(14)6-7)16-13(19)10-3-4-11(15)18-17-10/h3-6H,1-2H3,(H2,15,18)(H,16,19). The highest BCUT2D eigenvalue weighted by molar-refractivity contribution is 9.10. The van der Waals surface area contributed by atoms with E-state index in [0.29, 0.717) is 0 Å². The molecular formula is C13H13BrN4O. The van der Waals surface area contributed by atoms with Crippen LogP contribution in [0.1, 0.15) is 21.6 Å². The number of halogens is 1. The molecule has 0 bridgehead atoms. The number of nitrogens with two attached hydrogens (primary N) is 1. The molecule has 98 valence electrons. The van der Waals surface area contributed by atoms with Crippen LogP contribution in [0.3, 0.4) is 0 Å². The van der Waals surface area contributed by atoms with E-state index in [1.54, 1.807) is 6.07 Å². The Labute approximate surface area is 119 Å². The van der Waals surface area contributed by atoms with Crippen LogP contribution in [0.25, 0.3) is 0 Å². The van der Waals surface area contributed by atoms with E-state index in [0.717, 1.165) is 21.3 Å². The molecule has 0 saturated heterocycles. The van der Waals surface area contributed by atoms with Gasteiger partial charge in [0.05, 0.1) is 5.69 Å². The summed E-state index contributed by atoms with van der Waals surface area (Å²) in [5.74, 6) is -0.0376. The van der Waals surface area contributed by atoms with Gasteiger partial charge in [0.1, 0.15) is 5.82 Å². The van der Waals surface area contributed by atoms with E-state index < -0.39 is 0 Å². The molecule has 19 heavy (non-hydrogen) atoms. The first-order chi connectivity index (χ1) is 8.97. The van der Waals surface area contributed by atoms with E-state index in [9.17, 15) is 4.79 Å². The first kappa shape index (κ1) is 13.5. The molecule has 0 aliphatic heterocycles. The van der Waals surface area contributed by atoms with Gasteiger partial charge in [0.2, 0.25) is 0 Å². The lowest BCUT2D eigenvalue weighted by Gasteiger charge is -2.11. The van der Waals surface area contributed by atoms with Crippen LogP contribution in [0.2, 0.25) is 0 Å². The molecule has 1 aromatic carbocycles. The van der Waals surface area contributed by atoms with Crippen LogP contribution in [0.5, 0.6) is 0 Å². The maximum atomic E-state index is 12.0. The molecule has 1 heterocycles. The van der Waals surface area contributed by atoms with Crippen molar-refractivity contribution in [3.63, 3.8) is 0 Å². The molecule has 0 aliphatic rings. The molecule has 0 fully saturated rings. The minimum atomic E-state index is -0.319. The van der Waals surface area contributed by atoms with Gasteiger partial charge in [-0.15, -0.1) is 10.2 Å². The van der Waals surface area contributed by atoms with Gasteiger partial charge in [0.25, 0.3) is 5.91 Å². The number of carbonyl (C=O) groups is 1. The Balaban J connectivity index is 2.26. The Morgan fingerprint density at radius 3 is 2.58 bits per heavy atom. The van der Waals surface area contributed by atoms with Gasteiger partial charge in [-0.05, 0) is 59.1 Å². The number of nitrogens with one attached hydrogen (secondary N) is 1. The molecule has 0 unspecified atom stereocenters. The lowest BCUT2D eigenvalue weighted by atomic mass is 10.1. The van der Waals surface area contributed by atoms with Crippen LogP contribution in [-0.2, 0) is 0 Å². The highest BCUT2D eigenvalue weighted by Crippen LogP contribution is 2.28. The lowest BCUT2D eigenvalue weighted by molar-refractivity contribution is 0.102. The number of carbonyl (C=O) groups excluding carboxylic acids is 1. The summed E-state index contributed by atoms with van der Waals surface area (Å²) in [7, 11) is 0. The summed E-state index contributed by atoms with van der Waals surface area (Å²) in [6.07, 6.45) is 0. The number of hydrogen-bond donors (Lipinski definition) is 2. The number of aryl methyl sites for hydroxylation is 2. The molecule has 0 aliphatic carbocycles. The molecule has 0 saturated carbocycles. The fourth-order valence-corrected chi connectivity index (χ4v) is 2.49. The number of benzene rings is 1. The molecule has 0 radical (unpaired) electrons. The van der Waals surface area contributed by atoms with Crippen molar-refractivity contribution in [2.75, 3.05) is 11.1 Å². The van der Waals surface area contributed by atoms with E-state index in [1.807, 2.05) is 26.0 Å². The quantitative estimate of drug-likeness (QED) is 0.891. The Kier molecular flexibility index (Phi) is 3.80.